The number of thiophene rings is 1. The molecule has 1 aromatic carbocycles. The highest BCUT2D eigenvalue weighted by Crippen LogP contribution is 2.12. The second kappa shape index (κ2) is 8.29. The molecule has 0 fully saturated rings. The molecular formula is C18H19NO3S. The third kappa shape index (κ3) is 5.07. The molecule has 1 amide bonds. The van der Waals surface area contributed by atoms with Gasteiger partial charge in [0.05, 0.1) is 7.11 Å². The summed E-state index contributed by atoms with van der Waals surface area (Å²) in [6.07, 6.45) is 3.24. The third-order valence-corrected chi connectivity index (χ3v) is 4.14. The number of hydrogen-bond donors (Lipinski definition) is 0. The van der Waals surface area contributed by atoms with E-state index >= 15 is 0 Å². The van der Waals surface area contributed by atoms with E-state index in [1.165, 1.54) is 18.1 Å². The van der Waals surface area contributed by atoms with Gasteiger partial charge in [0.15, 0.2) is 0 Å². The van der Waals surface area contributed by atoms with Crippen LogP contribution in [0.5, 0.6) is 0 Å². The Morgan fingerprint density at radius 3 is 2.70 bits per heavy atom. The normalized spacial score (nSPS) is 10.7. The average molecular weight is 329 g/mol. The van der Waals surface area contributed by atoms with Gasteiger partial charge in [-0.1, -0.05) is 24.3 Å². The van der Waals surface area contributed by atoms with E-state index in [1.807, 2.05) is 48.0 Å². The maximum Gasteiger partial charge on any atom is 0.325 e. The second-order valence-electron chi connectivity index (χ2n) is 5.09. The van der Waals surface area contributed by atoms with Crippen LogP contribution in [0.4, 0.5) is 0 Å². The summed E-state index contributed by atoms with van der Waals surface area (Å²) in [4.78, 5) is 25.5. The number of carbonyl (C=O) groups is 2. The summed E-state index contributed by atoms with van der Waals surface area (Å²) in [7, 11) is 1.32. The van der Waals surface area contributed by atoms with Crippen LogP contribution < -0.4 is 0 Å². The summed E-state index contributed by atoms with van der Waals surface area (Å²) in [5.74, 6) is -0.652. The van der Waals surface area contributed by atoms with Crippen LogP contribution in [-0.4, -0.2) is 30.4 Å². The highest BCUT2D eigenvalue weighted by Gasteiger charge is 2.16. The molecule has 0 bridgehead atoms. The minimum absolute atomic E-state index is 0.0718. The molecular weight excluding hydrogens is 310 g/mol. The summed E-state index contributed by atoms with van der Waals surface area (Å²) in [5, 5.41) is 3.90. The number of amides is 1. The van der Waals surface area contributed by atoms with Crippen molar-refractivity contribution >= 4 is 29.3 Å². The van der Waals surface area contributed by atoms with Crippen molar-refractivity contribution in [3.63, 3.8) is 0 Å². The van der Waals surface area contributed by atoms with Crippen molar-refractivity contribution in [3.05, 3.63) is 63.9 Å². The van der Waals surface area contributed by atoms with Gasteiger partial charge in [0.2, 0.25) is 5.91 Å². The van der Waals surface area contributed by atoms with Crippen molar-refractivity contribution in [3.8, 4) is 0 Å². The zero-order valence-electron chi connectivity index (χ0n) is 13.2. The lowest BCUT2D eigenvalue weighted by atomic mass is 10.1. The Kier molecular flexibility index (Phi) is 6.11. The Hall–Kier alpha value is -2.40. The first-order chi connectivity index (χ1) is 11.1. The predicted octanol–water partition coefficient (Wildman–Crippen LogP) is 3.27. The molecule has 4 nitrogen and oxygen atoms in total. The van der Waals surface area contributed by atoms with Gasteiger partial charge in [0, 0.05) is 12.6 Å². The summed E-state index contributed by atoms with van der Waals surface area (Å²) >= 11 is 1.57. The number of hydrogen-bond acceptors (Lipinski definition) is 4. The van der Waals surface area contributed by atoms with E-state index in [0.717, 1.165) is 16.7 Å². The zero-order valence-corrected chi connectivity index (χ0v) is 14.0. The van der Waals surface area contributed by atoms with Gasteiger partial charge in [0.25, 0.3) is 0 Å². The molecule has 1 aromatic heterocycles. The van der Waals surface area contributed by atoms with Crippen molar-refractivity contribution in [2.45, 2.75) is 13.5 Å². The topological polar surface area (TPSA) is 46.6 Å². The molecule has 0 spiro atoms. The van der Waals surface area contributed by atoms with Gasteiger partial charge >= 0.3 is 5.97 Å². The van der Waals surface area contributed by atoms with Gasteiger partial charge in [-0.3, -0.25) is 9.59 Å². The Bertz CT molecular complexity index is 692. The smallest absolute Gasteiger partial charge is 0.325 e. The Balaban J connectivity index is 2.14. The Morgan fingerprint density at radius 2 is 2.04 bits per heavy atom. The van der Waals surface area contributed by atoms with E-state index in [4.69, 9.17) is 4.74 Å². The molecule has 0 aliphatic rings. The van der Waals surface area contributed by atoms with E-state index in [-0.39, 0.29) is 12.5 Å². The molecule has 0 aliphatic heterocycles. The highest BCUT2D eigenvalue weighted by molar-refractivity contribution is 7.08. The van der Waals surface area contributed by atoms with Crippen LogP contribution in [-0.2, 0) is 20.9 Å². The standard InChI is InChI=1S/C18H19NO3S/c1-14-5-3-4-6-16(14)11-19(12-18(21)22-2)17(20)8-7-15-9-10-23-13-15/h3-10,13H,11-12H2,1-2H3/b8-7+. The SMILES string of the molecule is COC(=O)CN(Cc1ccccc1C)C(=O)/C=C/c1ccsc1. The van der Waals surface area contributed by atoms with Gasteiger partial charge in [-0.2, -0.15) is 11.3 Å². The molecule has 23 heavy (non-hydrogen) atoms. The molecule has 0 radical (unpaired) electrons. The summed E-state index contributed by atoms with van der Waals surface area (Å²) in [5.41, 5.74) is 3.06. The quantitative estimate of drug-likeness (QED) is 0.603. The number of rotatable bonds is 6. The van der Waals surface area contributed by atoms with Crippen LogP contribution in [0.3, 0.4) is 0 Å². The first-order valence-electron chi connectivity index (χ1n) is 7.20. The molecule has 2 rings (SSSR count). The molecule has 0 aliphatic carbocycles. The van der Waals surface area contributed by atoms with Crippen molar-refractivity contribution in [1.29, 1.82) is 0 Å². The molecule has 1 heterocycles. The summed E-state index contributed by atoms with van der Waals surface area (Å²) in [6.45, 7) is 2.28. The fraction of sp³-hybridized carbons (Fsp3) is 0.222. The minimum Gasteiger partial charge on any atom is -0.468 e. The number of aryl methyl sites for hydroxylation is 1. The number of esters is 1. The van der Waals surface area contributed by atoms with Crippen molar-refractivity contribution < 1.29 is 14.3 Å². The lowest BCUT2D eigenvalue weighted by Crippen LogP contribution is -2.34. The molecule has 0 atom stereocenters. The summed E-state index contributed by atoms with van der Waals surface area (Å²) in [6, 6.07) is 9.74. The molecule has 5 heteroatoms. The molecule has 2 aromatic rings. The monoisotopic (exact) mass is 329 g/mol. The van der Waals surface area contributed by atoms with Crippen LogP contribution in [0.25, 0.3) is 6.08 Å². The highest BCUT2D eigenvalue weighted by atomic mass is 32.1. The first kappa shape index (κ1) is 17.0. The molecule has 0 N–H and O–H groups in total. The lowest BCUT2D eigenvalue weighted by Gasteiger charge is -2.21. The molecule has 120 valence electrons. The van der Waals surface area contributed by atoms with Gasteiger partial charge in [-0.25, -0.2) is 0 Å². The lowest BCUT2D eigenvalue weighted by molar-refractivity contribution is -0.145. The van der Waals surface area contributed by atoms with Crippen molar-refractivity contribution in [1.82, 2.24) is 4.90 Å². The van der Waals surface area contributed by atoms with Crippen molar-refractivity contribution in [2.75, 3.05) is 13.7 Å². The van der Waals surface area contributed by atoms with Gasteiger partial charge in [-0.05, 0) is 46.5 Å². The first-order valence-corrected chi connectivity index (χ1v) is 8.15. The number of benzene rings is 1. The average Bonchev–Trinajstić information content (AvgIpc) is 3.07. The second-order valence-corrected chi connectivity index (χ2v) is 5.87. The van der Waals surface area contributed by atoms with Crippen LogP contribution in [0.15, 0.2) is 47.2 Å². The van der Waals surface area contributed by atoms with Crippen LogP contribution in [0, 0.1) is 6.92 Å². The third-order valence-electron chi connectivity index (χ3n) is 3.44. The van der Waals surface area contributed by atoms with E-state index in [0.29, 0.717) is 6.54 Å². The molecule has 0 saturated heterocycles. The Labute approximate surface area is 140 Å². The van der Waals surface area contributed by atoms with E-state index < -0.39 is 5.97 Å². The maximum atomic E-state index is 12.4. The summed E-state index contributed by atoms with van der Waals surface area (Å²) < 4.78 is 4.69. The number of ether oxygens (including phenoxy) is 1. The maximum absolute atomic E-state index is 12.4. The largest absolute Gasteiger partial charge is 0.468 e. The van der Waals surface area contributed by atoms with Crippen LogP contribution >= 0.6 is 11.3 Å². The van der Waals surface area contributed by atoms with E-state index in [1.54, 1.807) is 17.4 Å². The van der Waals surface area contributed by atoms with Crippen LogP contribution in [0.2, 0.25) is 0 Å². The Morgan fingerprint density at radius 1 is 1.26 bits per heavy atom. The number of carbonyl (C=O) groups excluding carboxylic acids is 2. The predicted molar refractivity (Wildman–Crippen MR) is 92.0 cm³/mol. The molecule has 0 saturated carbocycles. The van der Waals surface area contributed by atoms with Crippen LogP contribution in [0.1, 0.15) is 16.7 Å². The van der Waals surface area contributed by atoms with E-state index in [2.05, 4.69) is 0 Å². The number of methoxy groups -OCH3 is 1. The van der Waals surface area contributed by atoms with Crippen molar-refractivity contribution in [2.24, 2.45) is 0 Å². The zero-order chi connectivity index (χ0) is 16.7. The molecule has 0 unspecified atom stereocenters. The fourth-order valence-corrected chi connectivity index (χ4v) is 2.70. The van der Waals surface area contributed by atoms with Gasteiger partial charge in [-0.15, -0.1) is 0 Å². The number of nitrogens with zero attached hydrogens (tertiary/aromatic N) is 1. The van der Waals surface area contributed by atoms with Gasteiger partial charge in [0.1, 0.15) is 6.54 Å². The minimum atomic E-state index is -0.434. The van der Waals surface area contributed by atoms with Gasteiger partial charge < -0.3 is 9.64 Å². The fourth-order valence-electron chi connectivity index (χ4n) is 2.07. The van der Waals surface area contributed by atoms with E-state index in [9.17, 15) is 9.59 Å².